The highest BCUT2D eigenvalue weighted by Crippen LogP contribution is 2.40. The van der Waals surface area contributed by atoms with Crippen molar-refractivity contribution in [1.82, 2.24) is 0 Å². The molecule has 0 radical (unpaired) electrons. The molecular weight excluding hydrogens is 318 g/mol. The summed E-state index contributed by atoms with van der Waals surface area (Å²) in [4.78, 5) is 24.6. The number of hydrogen-bond acceptors (Lipinski definition) is 4. The highest BCUT2D eigenvalue weighted by molar-refractivity contribution is 6.33. The van der Waals surface area contributed by atoms with Gasteiger partial charge in [0.1, 0.15) is 0 Å². The molecule has 0 fully saturated rings. The zero-order chi connectivity index (χ0) is 16.6. The minimum absolute atomic E-state index is 0.0374. The fraction of sp³-hybridized carbons (Fsp3) is 0.188. The van der Waals surface area contributed by atoms with Gasteiger partial charge < -0.3 is 10.2 Å². The average molecular weight is 332 g/mol. The van der Waals surface area contributed by atoms with E-state index in [4.69, 9.17) is 11.6 Å². The molecule has 6 nitrogen and oxygen atoms in total. The van der Waals surface area contributed by atoms with Crippen LogP contribution in [0.3, 0.4) is 0 Å². The smallest absolute Gasteiger partial charge is 0.271 e. The number of nitrogens with zero attached hydrogens (tertiary/aromatic N) is 2. The second-order valence-electron chi connectivity index (χ2n) is 5.41. The third-order valence-corrected chi connectivity index (χ3v) is 4.11. The van der Waals surface area contributed by atoms with Gasteiger partial charge in [-0.25, -0.2) is 0 Å². The summed E-state index contributed by atoms with van der Waals surface area (Å²) < 4.78 is 0. The van der Waals surface area contributed by atoms with Crippen LogP contribution in [-0.2, 0) is 4.79 Å². The van der Waals surface area contributed by atoms with Crippen LogP contribution in [-0.4, -0.2) is 17.4 Å². The van der Waals surface area contributed by atoms with Gasteiger partial charge in [-0.3, -0.25) is 14.9 Å². The Morgan fingerprint density at radius 2 is 2.00 bits per heavy atom. The molecule has 1 aliphatic rings. The largest absolute Gasteiger partial charge is 0.338 e. The topological polar surface area (TPSA) is 75.5 Å². The van der Waals surface area contributed by atoms with Crippen LogP contribution in [0.25, 0.3) is 0 Å². The monoisotopic (exact) mass is 331 g/mol. The molecule has 118 valence electrons. The molecule has 0 saturated heterocycles. The highest BCUT2D eigenvalue weighted by atomic mass is 35.5. The van der Waals surface area contributed by atoms with Gasteiger partial charge in [0.2, 0.25) is 5.91 Å². The number of benzene rings is 2. The first-order chi connectivity index (χ1) is 11.0. The summed E-state index contributed by atoms with van der Waals surface area (Å²) in [5.41, 5.74) is 1.76. The van der Waals surface area contributed by atoms with Crippen molar-refractivity contribution in [3.05, 3.63) is 57.6 Å². The zero-order valence-corrected chi connectivity index (χ0v) is 13.1. The van der Waals surface area contributed by atoms with Gasteiger partial charge in [0.05, 0.1) is 32.9 Å². The number of para-hydroxylation sites is 1. The molecular formula is C16H14ClN3O3. The molecule has 1 aliphatic heterocycles. The van der Waals surface area contributed by atoms with Crippen molar-refractivity contribution < 1.29 is 9.72 Å². The van der Waals surface area contributed by atoms with Crippen molar-refractivity contribution in [3.8, 4) is 0 Å². The number of nitro groups is 1. The normalized spacial score (nSPS) is 17.2. The fourth-order valence-electron chi connectivity index (χ4n) is 2.57. The Labute approximate surface area is 137 Å². The highest BCUT2D eigenvalue weighted by Gasteiger charge is 2.28. The SMILES string of the molecule is CC1CN(c2ccccc2Cl)c2cc([N+](=O)[O-])ccc2NC1=O. The summed E-state index contributed by atoms with van der Waals surface area (Å²) in [5.74, 6) is -0.424. The Balaban J connectivity index is 2.19. The summed E-state index contributed by atoms with van der Waals surface area (Å²) >= 11 is 6.28. The lowest BCUT2D eigenvalue weighted by molar-refractivity contribution is -0.384. The molecule has 0 spiro atoms. The van der Waals surface area contributed by atoms with E-state index in [-0.39, 0.29) is 17.5 Å². The summed E-state index contributed by atoms with van der Waals surface area (Å²) in [5, 5.41) is 14.4. The average Bonchev–Trinajstić information content (AvgIpc) is 2.64. The van der Waals surface area contributed by atoms with Crippen LogP contribution < -0.4 is 10.2 Å². The lowest BCUT2D eigenvalue weighted by Crippen LogP contribution is -2.27. The van der Waals surface area contributed by atoms with Crippen molar-refractivity contribution in [2.75, 3.05) is 16.8 Å². The molecule has 0 saturated carbocycles. The minimum Gasteiger partial charge on any atom is -0.338 e. The minimum atomic E-state index is -0.457. The zero-order valence-electron chi connectivity index (χ0n) is 12.3. The van der Waals surface area contributed by atoms with Gasteiger partial charge in [-0.2, -0.15) is 0 Å². The van der Waals surface area contributed by atoms with E-state index in [1.165, 1.54) is 12.1 Å². The Kier molecular flexibility index (Phi) is 3.92. The molecule has 1 amide bonds. The maximum absolute atomic E-state index is 12.2. The molecule has 1 heterocycles. The number of nitro benzene ring substituents is 1. The van der Waals surface area contributed by atoms with E-state index in [0.717, 1.165) is 0 Å². The maximum atomic E-state index is 12.2. The van der Waals surface area contributed by atoms with E-state index in [9.17, 15) is 14.9 Å². The van der Waals surface area contributed by atoms with Crippen molar-refractivity contribution in [2.45, 2.75) is 6.92 Å². The Hall–Kier alpha value is -2.60. The van der Waals surface area contributed by atoms with E-state index >= 15 is 0 Å². The molecule has 0 bridgehead atoms. The number of halogens is 1. The summed E-state index contributed by atoms with van der Waals surface area (Å²) in [6.45, 7) is 2.18. The molecule has 0 aliphatic carbocycles. The van der Waals surface area contributed by atoms with Crippen LogP contribution in [0.5, 0.6) is 0 Å². The van der Waals surface area contributed by atoms with Crippen LogP contribution >= 0.6 is 11.6 Å². The van der Waals surface area contributed by atoms with E-state index in [1.54, 1.807) is 19.1 Å². The predicted octanol–water partition coefficient (Wildman–Crippen LogP) is 3.97. The molecule has 1 atom stereocenters. The lowest BCUT2D eigenvalue weighted by atomic mass is 10.1. The Morgan fingerprint density at radius 3 is 2.70 bits per heavy atom. The van der Waals surface area contributed by atoms with Crippen molar-refractivity contribution in [2.24, 2.45) is 5.92 Å². The number of hydrogen-bond donors (Lipinski definition) is 1. The first-order valence-electron chi connectivity index (χ1n) is 7.08. The molecule has 0 aromatic heterocycles. The van der Waals surface area contributed by atoms with E-state index in [2.05, 4.69) is 5.32 Å². The van der Waals surface area contributed by atoms with E-state index in [0.29, 0.717) is 28.6 Å². The second-order valence-corrected chi connectivity index (χ2v) is 5.82. The number of nitrogens with one attached hydrogen (secondary N) is 1. The fourth-order valence-corrected chi connectivity index (χ4v) is 2.81. The van der Waals surface area contributed by atoms with Crippen molar-refractivity contribution in [3.63, 3.8) is 0 Å². The number of anilines is 3. The first-order valence-corrected chi connectivity index (χ1v) is 7.46. The van der Waals surface area contributed by atoms with Gasteiger partial charge in [0.25, 0.3) is 5.69 Å². The molecule has 3 rings (SSSR count). The van der Waals surface area contributed by atoms with Gasteiger partial charge in [-0.15, -0.1) is 0 Å². The molecule has 23 heavy (non-hydrogen) atoms. The van der Waals surface area contributed by atoms with Crippen LogP contribution in [0.15, 0.2) is 42.5 Å². The standard InChI is InChI=1S/C16H14ClN3O3/c1-10-9-19(14-5-3-2-4-12(14)17)15-8-11(20(22)23)6-7-13(15)18-16(10)21/h2-8,10H,9H2,1H3,(H,18,21). The molecule has 1 N–H and O–H groups in total. The van der Waals surface area contributed by atoms with Gasteiger partial charge in [0.15, 0.2) is 0 Å². The van der Waals surface area contributed by atoms with Crippen LogP contribution in [0, 0.1) is 16.0 Å². The van der Waals surface area contributed by atoms with Crippen molar-refractivity contribution in [1.29, 1.82) is 0 Å². The number of rotatable bonds is 2. The van der Waals surface area contributed by atoms with Crippen LogP contribution in [0.1, 0.15) is 6.92 Å². The maximum Gasteiger partial charge on any atom is 0.271 e. The van der Waals surface area contributed by atoms with Gasteiger partial charge >= 0.3 is 0 Å². The lowest BCUT2D eigenvalue weighted by Gasteiger charge is -2.26. The number of fused-ring (bicyclic) bond motifs is 1. The van der Waals surface area contributed by atoms with E-state index in [1.807, 2.05) is 23.1 Å². The third kappa shape index (κ3) is 2.85. The summed E-state index contributed by atoms with van der Waals surface area (Å²) in [6, 6.07) is 11.6. The third-order valence-electron chi connectivity index (χ3n) is 3.79. The van der Waals surface area contributed by atoms with Crippen molar-refractivity contribution >= 4 is 40.3 Å². The van der Waals surface area contributed by atoms with E-state index < -0.39 is 4.92 Å². The molecule has 2 aromatic rings. The summed E-state index contributed by atoms with van der Waals surface area (Å²) in [7, 11) is 0. The van der Waals surface area contributed by atoms with Gasteiger partial charge in [-0.1, -0.05) is 30.7 Å². The number of amides is 1. The van der Waals surface area contributed by atoms with Gasteiger partial charge in [0, 0.05) is 18.7 Å². The molecule has 1 unspecified atom stereocenters. The number of carbonyl (C=O) groups excluding carboxylic acids is 1. The number of non-ortho nitro benzene ring substituents is 1. The number of carbonyl (C=O) groups is 1. The molecule has 2 aromatic carbocycles. The second kappa shape index (κ2) is 5.89. The Bertz CT molecular complexity index is 794. The van der Waals surface area contributed by atoms with Crippen LogP contribution in [0.2, 0.25) is 5.02 Å². The van der Waals surface area contributed by atoms with Crippen LogP contribution in [0.4, 0.5) is 22.7 Å². The predicted molar refractivity (Wildman–Crippen MR) is 89.3 cm³/mol. The Morgan fingerprint density at radius 1 is 1.26 bits per heavy atom. The quantitative estimate of drug-likeness (QED) is 0.667. The molecule has 7 heteroatoms. The first kappa shape index (κ1) is 15.3. The summed E-state index contributed by atoms with van der Waals surface area (Å²) in [6.07, 6.45) is 0. The van der Waals surface area contributed by atoms with Gasteiger partial charge in [-0.05, 0) is 18.2 Å².